The fourth-order valence-corrected chi connectivity index (χ4v) is 9.67. The Labute approximate surface area is 361 Å². The molecule has 4 heterocycles. The zero-order chi connectivity index (χ0) is 41.4. The molecule has 0 amide bonds. The summed E-state index contributed by atoms with van der Waals surface area (Å²) >= 11 is 0. The van der Waals surface area contributed by atoms with Crippen LogP contribution in [0.3, 0.4) is 0 Å². The van der Waals surface area contributed by atoms with E-state index in [0.29, 0.717) is 17.6 Å². The van der Waals surface area contributed by atoms with Gasteiger partial charge in [-0.05, 0) is 47.0 Å². The predicted molar refractivity (Wildman–Crippen MR) is 258 cm³/mol. The molecule has 0 saturated carbocycles. The maximum absolute atomic E-state index is 6.81. The molecule has 0 N–H and O–H groups in total. The topological polar surface area (TPSA) is 61.7 Å². The Morgan fingerprint density at radius 3 is 1.56 bits per heavy atom. The maximum atomic E-state index is 6.81. The number of hydrogen-bond donors (Lipinski definition) is 0. The molecule has 0 unspecified atom stereocenters. The monoisotopic (exact) mass is 805 g/mol. The zero-order valence-corrected chi connectivity index (χ0v) is 33.9. The summed E-state index contributed by atoms with van der Waals surface area (Å²) in [5.41, 5.74) is 13.1. The molecule has 0 spiro atoms. The van der Waals surface area contributed by atoms with Crippen LogP contribution in [0.2, 0.25) is 0 Å². The highest BCUT2D eigenvalue weighted by molar-refractivity contribution is 6.24. The number of hydrogen-bond acceptors (Lipinski definition) is 4. The number of furan rings is 1. The van der Waals surface area contributed by atoms with Gasteiger partial charge in [-0.1, -0.05) is 182 Å². The Bertz CT molecular complexity index is 3900. The van der Waals surface area contributed by atoms with Gasteiger partial charge in [-0.15, -0.1) is 0 Å². The lowest BCUT2D eigenvalue weighted by Crippen LogP contribution is -2.07. The second kappa shape index (κ2) is 14.0. The molecule has 0 fully saturated rings. The lowest BCUT2D eigenvalue weighted by atomic mass is 9.99. The van der Waals surface area contributed by atoms with Crippen LogP contribution in [0.5, 0.6) is 0 Å². The normalized spacial score (nSPS) is 11.8. The number of aromatic nitrogens is 5. The Morgan fingerprint density at radius 2 is 0.841 bits per heavy atom. The van der Waals surface area contributed by atoms with Crippen molar-refractivity contribution in [2.75, 3.05) is 0 Å². The Kier molecular flexibility index (Phi) is 7.80. The molecule has 63 heavy (non-hydrogen) atoms. The van der Waals surface area contributed by atoms with Crippen molar-refractivity contribution in [2.45, 2.75) is 0 Å². The van der Waals surface area contributed by atoms with E-state index in [9.17, 15) is 0 Å². The smallest absolute Gasteiger partial charge is 0.238 e. The number of fused-ring (bicyclic) bond motifs is 10. The SMILES string of the molecule is c1ccc(-c2nc(-c3cccc4c3oc3cccc(-c5ccccc5)c34)nc(-n3c4ccccc4c4ccc5c6ccccc6n(-c6ccccc6-c6ccccc6)c5c43)n2)cc1. The van der Waals surface area contributed by atoms with Gasteiger partial charge in [-0.3, -0.25) is 4.57 Å². The summed E-state index contributed by atoms with van der Waals surface area (Å²) in [5.74, 6) is 1.61. The first-order valence-corrected chi connectivity index (χ1v) is 21.2. The number of nitrogens with zero attached hydrogens (tertiary/aromatic N) is 5. The van der Waals surface area contributed by atoms with Crippen LogP contribution in [-0.4, -0.2) is 24.1 Å². The molecular weight excluding hydrogens is 771 g/mol. The standard InChI is InChI=1S/C57H35N5O/c1-4-18-36(19-5-1)39-24-10-13-30-47(39)61-48-31-14-11-25-41(48)43-34-35-44-42-26-12-15-32-49(42)62(53(44)52(43)61)57-59-55(38-22-8-3-9-23-38)58-56(60-57)46-29-16-28-45-51-40(37-20-6-2-7-21-37)27-17-33-50(51)63-54(45)46/h1-35H. The molecule has 6 nitrogen and oxygen atoms in total. The minimum atomic E-state index is 0.517. The second-order valence-electron chi connectivity index (χ2n) is 15.9. The van der Waals surface area contributed by atoms with Crippen LogP contribution in [0.15, 0.2) is 217 Å². The van der Waals surface area contributed by atoms with Crippen LogP contribution in [-0.2, 0) is 0 Å². The van der Waals surface area contributed by atoms with Gasteiger partial charge >= 0.3 is 0 Å². The molecule has 0 saturated heterocycles. The first-order chi connectivity index (χ1) is 31.3. The summed E-state index contributed by atoms with van der Waals surface area (Å²) in [4.78, 5) is 16.1. The van der Waals surface area contributed by atoms with Crippen LogP contribution in [0.1, 0.15) is 0 Å². The Hall–Kier alpha value is -8.61. The summed E-state index contributed by atoms with van der Waals surface area (Å²) in [7, 11) is 0. The summed E-state index contributed by atoms with van der Waals surface area (Å²) in [6, 6.07) is 74.3. The van der Waals surface area contributed by atoms with Gasteiger partial charge in [0.25, 0.3) is 0 Å². The van der Waals surface area contributed by atoms with Crippen LogP contribution in [0.4, 0.5) is 0 Å². The van der Waals surface area contributed by atoms with Crippen molar-refractivity contribution in [3.8, 4) is 56.7 Å². The first kappa shape index (κ1) is 35.2. The number of benzene rings is 9. The molecule has 0 aliphatic rings. The van der Waals surface area contributed by atoms with Gasteiger partial charge in [0, 0.05) is 43.4 Å². The quantitative estimate of drug-likeness (QED) is 0.168. The summed E-state index contributed by atoms with van der Waals surface area (Å²) in [6.45, 7) is 0. The molecule has 4 aromatic heterocycles. The molecule has 13 aromatic rings. The van der Waals surface area contributed by atoms with E-state index in [-0.39, 0.29) is 0 Å². The van der Waals surface area contributed by atoms with Crippen LogP contribution in [0, 0.1) is 0 Å². The minimum Gasteiger partial charge on any atom is -0.455 e. The van der Waals surface area contributed by atoms with E-state index in [4.69, 9.17) is 19.4 Å². The van der Waals surface area contributed by atoms with E-state index in [1.807, 2.05) is 30.3 Å². The van der Waals surface area contributed by atoms with Gasteiger partial charge in [0.15, 0.2) is 11.6 Å². The molecule has 0 bridgehead atoms. The molecule has 6 heteroatoms. The van der Waals surface area contributed by atoms with Crippen LogP contribution in [0.25, 0.3) is 122 Å². The third-order valence-electron chi connectivity index (χ3n) is 12.4. The van der Waals surface area contributed by atoms with Crippen molar-refractivity contribution in [1.82, 2.24) is 24.1 Å². The predicted octanol–water partition coefficient (Wildman–Crippen LogP) is 14.6. The Morgan fingerprint density at radius 1 is 0.333 bits per heavy atom. The van der Waals surface area contributed by atoms with E-state index in [1.54, 1.807) is 0 Å². The van der Waals surface area contributed by atoms with Crippen LogP contribution >= 0.6 is 0 Å². The zero-order valence-electron chi connectivity index (χ0n) is 33.9. The van der Waals surface area contributed by atoms with Gasteiger partial charge in [0.2, 0.25) is 5.95 Å². The third-order valence-corrected chi connectivity index (χ3v) is 12.4. The fraction of sp³-hybridized carbons (Fsp3) is 0. The molecule has 0 atom stereocenters. The summed E-state index contributed by atoms with van der Waals surface area (Å²) in [6.07, 6.45) is 0. The van der Waals surface area contributed by atoms with E-state index in [2.05, 4.69) is 191 Å². The molecule has 13 rings (SSSR count). The van der Waals surface area contributed by atoms with Crippen LogP contribution < -0.4 is 0 Å². The fourth-order valence-electron chi connectivity index (χ4n) is 9.67. The van der Waals surface area contributed by atoms with Gasteiger partial charge in [0.1, 0.15) is 11.2 Å². The van der Waals surface area contributed by atoms with Crippen molar-refractivity contribution in [2.24, 2.45) is 0 Å². The van der Waals surface area contributed by atoms with Crippen molar-refractivity contribution in [1.29, 1.82) is 0 Å². The van der Waals surface area contributed by atoms with E-state index in [0.717, 1.165) is 99.2 Å². The van der Waals surface area contributed by atoms with E-state index >= 15 is 0 Å². The Balaban J connectivity index is 1.15. The van der Waals surface area contributed by atoms with Gasteiger partial charge < -0.3 is 8.98 Å². The summed E-state index contributed by atoms with van der Waals surface area (Å²) in [5, 5.41) is 6.59. The van der Waals surface area contributed by atoms with E-state index < -0.39 is 0 Å². The molecule has 294 valence electrons. The molecule has 0 aliphatic carbocycles. The molecule has 0 radical (unpaired) electrons. The van der Waals surface area contributed by atoms with Crippen molar-refractivity contribution in [3.05, 3.63) is 212 Å². The van der Waals surface area contributed by atoms with Crippen molar-refractivity contribution in [3.63, 3.8) is 0 Å². The second-order valence-corrected chi connectivity index (χ2v) is 15.9. The van der Waals surface area contributed by atoms with Gasteiger partial charge in [-0.2, -0.15) is 9.97 Å². The summed E-state index contributed by atoms with van der Waals surface area (Å²) < 4.78 is 11.5. The average molecular weight is 806 g/mol. The maximum Gasteiger partial charge on any atom is 0.238 e. The number of rotatable bonds is 6. The lowest BCUT2D eigenvalue weighted by molar-refractivity contribution is 0.669. The third kappa shape index (κ3) is 5.41. The molecular formula is C57H35N5O. The highest BCUT2D eigenvalue weighted by atomic mass is 16.3. The highest BCUT2D eigenvalue weighted by Crippen LogP contribution is 2.44. The van der Waals surface area contributed by atoms with Gasteiger partial charge in [0.05, 0.1) is 33.3 Å². The van der Waals surface area contributed by atoms with E-state index in [1.165, 1.54) is 5.39 Å². The number of para-hydroxylation sites is 4. The minimum absolute atomic E-state index is 0.517. The van der Waals surface area contributed by atoms with Crippen molar-refractivity contribution >= 4 is 65.6 Å². The average Bonchev–Trinajstić information content (AvgIpc) is 4.03. The first-order valence-electron chi connectivity index (χ1n) is 21.2. The highest BCUT2D eigenvalue weighted by Gasteiger charge is 2.25. The lowest BCUT2D eigenvalue weighted by Gasteiger charge is -2.16. The van der Waals surface area contributed by atoms with Crippen molar-refractivity contribution < 1.29 is 4.42 Å². The molecule has 9 aromatic carbocycles. The largest absolute Gasteiger partial charge is 0.455 e. The van der Waals surface area contributed by atoms with Gasteiger partial charge in [-0.25, -0.2) is 4.98 Å². The molecule has 0 aliphatic heterocycles.